The van der Waals surface area contributed by atoms with Gasteiger partial charge < -0.3 is 39.0 Å². The average Bonchev–Trinajstić information content (AvgIpc) is 3.43. The second-order valence-corrected chi connectivity index (χ2v) is 20.9. The molecule has 0 saturated carbocycles. The Kier molecular flexibility index (Phi) is 49.9. The third-order valence-electron chi connectivity index (χ3n) is 13.6. The maximum atomic E-state index is 13.2. The van der Waals surface area contributed by atoms with Crippen molar-refractivity contribution in [1.82, 2.24) is 0 Å². The lowest BCUT2D eigenvalue weighted by Gasteiger charge is -2.40. The molecule has 0 radical (unpaired) electrons. The Morgan fingerprint density at radius 1 is 0.430 bits per heavy atom. The standard InChI is InChI=1S/C67H110O12/c1-4-7-10-13-16-19-22-25-28-30-33-35-38-41-44-47-50-53-59(68)75-56-58(77-60(69)54-51-48-45-42-39-37-34-31-29-26-23-20-17-14-11-8-5-2)57-76-67-65(63(72)62(71)64(79-67)66(73)74)78-61(70)55-52-49-46-43-40-36-32-27-24-21-18-15-12-9-6-3/h7,9-10,12,16,18-19,21,25-29,32,40,43,58,62-65,67,71-72H,4-6,8,11,13-15,17,20,22-24,30-31,33-39,41-42,44-57H2,1-3H3,(H,73,74)/b10-7-,12-9-,19-16-,21-18-,28-25-,29-26-,32-27-,43-40-. The molecule has 450 valence electrons. The highest BCUT2D eigenvalue weighted by Gasteiger charge is 2.50. The van der Waals surface area contributed by atoms with Crippen molar-refractivity contribution in [3.8, 4) is 0 Å². The molecule has 12 heteroatoms. The Labute approximate surface area is 479 Å². The van der Waals surface area contributed by atoms with Crippen LogP contribution in [0.4, 0.5) is 0 Å². The molecule has 1 saturated heterocycles. The number of esters is 3. The molecule has 0 bridgehead atoms. The molecule has 1 rings (SSSR count). The molecule has 0 aromatic carbocycles. The summed E-state index contributed by atoms with van der Waals surface area (Å²) in [4.78, 5) is 51.2. The van der Waals surface area contributed by atoms with Crippen LogP contribution >= 0.6 is 0 Å². The van der Waals surface area contributed by atoms with Crippen LogP contribution in [-0.4, -0.2) is 89.2 Å². The molecule has 3 N–H and O–H groups in total. The van der Waals surface area contributed by atoms with Crippen molar-refractivity contribution in [2.24, 2.45) is 0 Å². The van der Waals surface area contributed by atoms with Gasteiger partial charge in [0.05, 0.1) is 6.61 Å². The highest BCUT2D eigenvalue weighted by molar-refractivity contribution is 5.74. The van der Waals surface area contributed by atoms with E-state index < -0.39 is 67.3 Å². The van der Waals surface area contributed by atoms with Crippen molar-refractivity contribution in [3.63, 3.8) is 0 Å². The number of carbonyl (C=O) groups excluding carboxylic acids is 3. The highest BCUT2D eigenvalue weighted by atomic mass is 16.7. The van der Waals surface area contributed by atoms with Crippen LogP contribution in [0.15, 0.2) is 97.2 Å². The van der Waals surface area contributed by atoms with Crippen molar-refractivity contribution in [3.05, 3.63) is 97.2 Å². The van der Waals surface area contributed by atoms with Gasteiger partial charge in [-0.2, -0.15) is 0 Å². The molecule has 0 aliphatic carbocycles. The van der Waals surface area contributed by atoms with Gasteiger partial charge in [-0.15, -0.1) is 0 Å². The first-order chi connectivity index (χ1) is 38.6. The third kappa shape index (κ3) is 44.0. The van der Waals surface area contributed by atoms with Gasteiger partial charge >= 0.3 is 23.9 Å². The van der Waals surface area contributed by atoms with E-state index in [1.807, 2.05) is 0 Å². The fraction of sp³-hybridized carbons (Fsp3) is 0.701. The third-order valence-corrected chi connectivity index (χ3v) is 13.6. The van der Waals surface area contributed by atoms with Gasteiger partial charge in [0, 0.05) is 19.3 Å². The van der Waals surface area contributed by atoms with Gasteiger partial charge in [-0.05, 0) is 116 Å². The lowest BCUT2D eigenvalue weighted by Crippen LogP contribution is -2.61. The summed E-state index contributed by atoms with van der Waals surface area (Å²) in [5, 5.41) is 31.5. The van der Waals surface area contributed by atoms with Gasteiger partial charge in [0.25, 0.3) is 0 Å². The van der Waals surface area contributed by atoms with Gasteiger partial charge in [0.2, 0.25) is 0 Å². The molecule has 0 amide bonds. The van der Waals surface area contributed by atoms with E-state index in [1.54, 1.807) is 0 Å². The first-order valence-electron chi connectivity index (χ1n) is 31.2. The Hall–Kier alpha value is -4.36. The van der Waals surface area contributed by atoms with E-state index in [0.717, 1.165) is 122 Å². The fourth-order valence-corrected chi connectivity index (χ4v) is 8.90. The Morgan fingerprint density at radius 3 is 1.25 bits per heavy atom. The summed E-state index contributed by atoms with van der Waals surface area (Å²) in [7, 11) is 0. The van der Waals surface area contributed by atoms with E-state index in [-0.39, 0.29) is 25.9 Å². The summed E-state index contributed by atoms with van der Waals surface area (Å²) >= 11 is 0. The summed E-state index contributed by atoms with van der Waals surface area (Å²) in [6.45, 7) is 5.74. The predicted octanol–water partition coefficient (Wildman–Crippen LogP) is 16.5. The van der Waals surface area contributed by atoms with E-state index in [0.29, 0.717) is 25.7 Å². The monoisotopic (exact) mass is 1110 g/mol. The predicted molar refractivity (Wildman–Crippen MR) is 321 cm³/mol. The summed E-state index contributed by atoms with van der Waals surface area (Å²) in [5.41, 5.74) is 0. The van der Waals surface area contributed by atoms with Gasteiger partial charge in [0.1, 0.15) is 18.8 Å². The van der Waals surface area contributed by atoms with E-state index in [2.05, 4.69) is 118 Å². The molecule has 0 spiro atoms. The van der Waals surface area contributed by atoms with Crippen LogP contribution in [0.2, 0.25) is 0 Å². The molecule has 6 atom stereocenters. The smallest absolute Gasteiger partial charge is 0.335 e. The van der Waals surface area contributed by atoms with Gasteiger partial charge in [-0.3, -0.25) is 14.4 Å². The molecule has 0 aromatic rings. The molecule has 1 heterocycles. The number of unbranched alkanes of at least 4 members (excludes halogenated alkanes) is 22. The van der Waals surface area contributed by atoms with Crippen molar-refractivity contribution in [1.29, 1.82) is 0 Å². The largest absolute Gasteiger partial charge is 0.479 e. The zero-order valence-electron chi connectivity index (χ0n) is 49.6. The number of carboxylic acids is 1. The number of allylic oxidation sites excluding steroid dienone is 16. The van der Waals surface area contributed by atoms with Crippen LogP contribution in [-0.2, 0) is 42.9 Å². The zero-order valence-corrected chi connectivity index (χ0v) is 49.6. The molecular formula is C67H110O12. The van der Waals surface area contributed by atoms with E-state index >= 15 is 0 Å². The summed E-state index contributed by atoms with van der Waals surface area (Å²) < 4.78 is 28.4. The molecule has 1 fully saturated rings. The summed E-state index contributed by atoms with van der Waals surface area (Å²) in [6.07, 6.45) is 59.4. The number of hydrogen-bond acceptors (Lipinski definition) is 11. The van der Waals surface area contributed by atoms with Crippen molar-refractivity contribution >= 4 is 23.9 Å². The van der Waals surface area contributed by atoms with Crippen LogP contribution in [0.3, 0.4) is 0 Å². The van der Waals surface area contributed by atoms with Crippen molar-refractivity contribution in [2.45, 2.75) is 289 Å². The molecule has 1 aliphatic heterocycles. The van der Waals surface area contributed by atoms with Crippen LogP contribution < -0.4 is 0 Å². The van der Waals surface area contributed by atoms with Crippen molar-refractivity contribution in [2.75, 3.05) is 13.2 Å². The average molecular weight is 1110 g/mol. The van der Waals surface area contributed by atoms with E-state index in [1.165, 1.54) is 64.2 Å². The Morgan fingerprint density at radius 2 is 0.797 bits per heavy atom. The van der Waals surface area contributed by atoms with Crippen LogP contribution in [0.5, 0.6) is 0 Å². The lowest BCUT2D eigenvalue weighted by molar-refractivity contribution is -0.301. The molecule has 12 nitrogen and oxygen atoms in total. The van der Waals surface area contributed by atoms with Crippen LogP contribution in [0.1, 0.15) is 252 Å². The second kappa shape index (κ2) is 54.2. The SMILES string of the molecule is CC/C=C\C/C=C\C/C=C\C/C=C\CCCCC(=O)OC1C(OCC(COC(=O)CCCCCCCCC/C=C\C/C=C\C/C=C\CC)OC(=O)CCCCCCCCC/C=C\CCCCCCCC)OC(C(=O)O)C(O)C1O. The number of rotatable bonds is 52. The lowest BCUT2D eigenvalue weighted by atomic mass is 9.98. The highest BCUT2D eigenvalue weighted by Crippen LogP contribution is 2.26. The minimum Gasteiger partial charge on any atom is -0.479 e. The minimum atomic E-state index is -1.92. The topological polar surface area (TPSA) is 175 Å². The summed E-state index contributed by atoms with van der Waals surface area (Å²) in [6, 6.07) is 0. The zero-order chi connectivity index (χ0) is 57.5. The second-order valence-electron chi connectivity index (χ2n) is 20.9. The van der Waals surface area contributed by atoms with Crippen molar-refractivity contribution < 1.29 is 58.2 Å². The number of aliphatic hydroxyl groups is 2. The van der Waals surface area contributed by atoms with Gasteiger partial charge in [-0.1, -0.05) is 214 Å². The number of aliphatic carboxylic acids is 1. The van der Waals surface area contributed by atoms with Gasteiger partial charge in [0.15, 0.2) is 24.6 Å². The number of carboxylic acid groups (broad SMARTS) is 1. The van der Waals surface area contributed by atoms with E-state index in [4.69, 9.17) is 23.7 Å². The fourth-order valence-electron chi connectivity index (χ4n) is 8.90. The maximum absolute atomic E-state index is 13.2. The molecule has 0 aromatic heterocycles. The molecular weight excluding hydrogens is 997 g/mol. The molecule has 79 heavy (non-hydrogen) atoms. The molecule has 1 aliphatic rings. The Balaban J connectivity index is 2.71. The van der Waals surface area contributed by atoms with Crippen LogP contribution in [0, 0.1) is 0 Å². The first kappa shape index (κ1) is 72.7. The first-order valence-corrected chi connectivity index (χ1v) is 31.2. The van der Waals surface area contributed by atoms with Gasteiger partial charge in [-0.25, -0.2) is 4.79 Å². The van der Waals surface area contributed by atoms with E-state index in [9.17, 15) is 34.5 Å². The normalized spacial score (nSPS) is 18.5. The summed E-state index contributed by atoms with van der Waals surface area (Å²) in [5.74, 6) is -3.19. The number of ether oxygens (including phenoxy) is 5. The number of aliphatic hydroxyl groups excluding tert-OH is 2. The quantitative estimate of drug-likeness (QED) is 0.0228. The minimum absolute atomic E-state index is 0.00332. The van der Waals surface area contributed by atoms with Crippen LogP contribution in [0.25, 0.3) is 0 Å². The molecule has 6 unspecified atom stereocenters. The Bertz CT molecular complexity index is 1740. The number of hydrogen-bond donors (Lipinski definition) is 3. The maximum Gasteiger partial charge on any atom is 0.335 e. The number of carbonyl (C=O) groups is 4.